The third kappa shape index (κ3) is 5.82. The highest BCUT2D eigenvalue weighted by atomic mass is 16.6. The fourth-order valence-electron chi connectivity index (χ4n) is 2.89. The molecule has 0 aromatic rings. The molecule has 0 rings (SSSR count). The van der Waals surface area contributed by atoms with Crippen LogP contribution in [0.2, 0.25) is 0 Å². The van der Waals surface area contributed by atoms with E-state index in [1.165, 1.54) is 0 Å². The number of aliphatic hydroxyl groups excluding tert-OH is 3. The number of Topliss-reactive ketones (excluding diaryl/α,β-unsaturated/α-hetero) is 1. The van der Waals surface area contributed by atoms with E-state index in [0.717, 1.165) is 12.8 Å². The van der Waals surface area contributed by atoms with Gasteiger partial charge in [-0.05, 0) is 37.5 Å². The second-order valence-corrected chi connectivity index (χ2v) is 6.95. The predicted molar refractivity (Wildman–Crippen MR) is 91.0 cm³/mol. The van der Waals surface area contributed by atoms with Gasteiger partial charge < -0.3 is 20.1 Å². The van der Waals surface area contributed by atoms with Crippen molar-refractivity contribution in [3.63, 3.8) is 0 Å². The molecule has 0 saturated carbocycles. The first-order valence-corrected chi connectivity index (χ1v) is 8.83. The molecule has 0 amide bonds. The van der Waals surface area contributed by atoms with Gasteiger partial charge >= 0.3 is 0 Å². The van der Waals surface area contributed by atoms with Gasteiger partial charge in [0.05, 0.1) is 5.60 Å². The quantitative estimate of drug-likeness (QED) is 0.478. The molecule has 0 aliphatic rings. The van der Waals surface area contributed by atoms with Gasteiger partial charge in [-0.2, -0.15) is 0 Å². The molecule has 0 aromatic heterocycles. The van der Waals surface area contributed by atoms with E-state index in [1.54, 1.807) is 0 Å². The van der Waals surface area contributed by atoms with Crippen molar-refractivity contribution >= 4 is 5.78 Å². The van der Waals surface area contributed by atoms with E-state index in [0.29, 0.717) is 19.3 Å². The topological polar surface area (TPSA) is 87.0 Å². The minimum Gasteiger partial charge on any atom is -0.396 e. The van der Waals surface area contributed by atoms with Crippen LogP contribution < -0.4 is 0 Å². The number of ether oxygens (including phenoxy) is 1. The van der Waals surface area contributed by atoms with Crippen molar-refractivity contribution in [3.05, 3.63) is 0 Å². The molecule has 0 saturated heterocycles. The van der Waals surface area contributed by atoms with Crippen molar-refractivity contribution in [2.75, 3.05) is 6.61 Å². The van der Waals surface area contributed by atoms with Gasteiger partial charge in [0.2, 0.25) is 12.1 Å². The van der Waals surface area contributed by atoms with Crippen LogP contribution in [0.4, 0.5) is 0 Å². The molecule has 5 nitrogen and oxygen atoms in total. The van der Waals surface area contributed by atoms with E-state index >= 15 is 0 Å². The van der Waals surface area contributed by atoms with Gasteiger partial charge in [0, 0.05) is 6.61 Å². The summed E-state index contributed by atoms with van der Waals surface area (Å²) in [4.78, 5) is 12.4. The lowest BCUT2D eigenvalue weighted by Gasteiger charge is -2.39. The smallest absolute Gasteiger partial charge is 0.218 e. The molecular weight excluding hydrogens is 296 g/mol. The summed E-state index contributed by atoms with van der Waals surface area (Å²) in [6.45, 7) is 11.6. The molecule has 0 aromatic carbocycles. The fourth-order valence-corrected chi connectivity index (χ4v) is 2.89. The van der Waals surface area contributed by atoms with Crippen molar-refractivity contribution in [2.24, 2.45) is 11.3 Å². The maximum absolute atomic E-state index is 12.4. The van der Waals surface area contributed by atoms with Gasteiger partial charge in [0.1, 0.15) is 6.10 Å². The Bertz CT molecular complexity index is 347. The van der Waals surface area contributed by atoms with Crippen molar-refractivity contribution in [1.29, 1.82) is 0 Å². The highest BCUT2D eigenvalue weighted by Crippen LogP contribution is 2.39. The Hall–Kier alpha value is -0.490. The Morgan fingerprint density at radius 2 is 1.48 bits per heavy atom. The van der Waals surface area contributed by atoms with Crippen molar-refractivity contribution < 1.29 is 24.9 Å². The molecular formula is C18H36O5. The molecule has 0 aliphatic heterocycles. The van der Waals surface area contributed by atoms with Crippen LogP contribution in [0, 0.1) is 11.3 Å². The second-order valence-electron chi connectivity index (χ2n) is 6.95. The van der Waals surface area contributed by atoms with Gasteiger partial charge in [-0.15, -0.1) is 0 Å². The van der Waals surface area contributed by atoms with Crippen LogP contribution >= 0.6 is 0 Å². The maximum Gasteiger partial charge on any atom is 0.218 e. The SMILES string of the molecule is CCC(C)(CC)OC(O)C(=O)C(O)C(CCO)C(C)(CC)CC. The Morgan fingerprint density at radius 3 is 1.83 bits per heavy atom. The van der Waals surface area contributed by atoms with Gasteiger partial charge in [0.15, 0.2) is 0 Å². The molecule has 3 atom stereocenters. The summed E-state index contributed by atoms with van der Waals surface area (Å²) < 4.78 is 5.51. The van der Waals surface area contributed by atoms with Crippen LogP contribution in [0.3, 0.4) is 0 Å². The molecule has 138 valence electrons. The molecule has 3 unspecified atom stereocenters. The zero-order chi connectivity index (χ0) is 18.3. The Morgan fingerprint density at radius 1 is 1.00 bits per heavy atom. The van der Waals surface area contributed by atoms with Crippen molar-refractivity contribution in [1.82, 2.24) is 0 Å². The van der Waals surface area contributed by atoms with Crippen molar-refractivity contribution in [3.8, 4) is 0 Å². The van der Waals surface area contributed by atoms with Crippen LogP contribution in [0.5, 0.6) is 0 Å². The van der Waals surface area contributed by atoms with E-state index in [2.05, 4.69) is 0 Å². The molecule has 0 aliphatic carbocycles. The molecule has 0 spiro atoms. The number of hydrogen-bond acceptors (Lipinski definition) is 5. The first-order chi connectivity index (χ1) is 10.6. The molecule has 0 fully saturated rings. The lowest BCUT2D eigenvalue weighted by Crippen LogP contribution is -2.47. The van der Waals surface area contributed by atoms with E-state index in [4.69, 9.17) is 4.74 Å². The number of carbonyl (C=O) groups excluding carboxylic acids is 1. The van der Waals surface area contributed by atoms with Gasteiger partial charge in [-0.25, -0.2) is 0 Å². The first-order valence-electron chi connectivity index (χ1n) is 8.83. The lowest BCUT2D eigenvalue weighted by atomic mass is 9.68. The highest BCUT2D eigenvalue weighted by Gasteiger charge is 2.41. The molecule has 3 N–H and O–H groups in total. The summed E-state index contributed by atoms with van der Waals surface area (Å²) >= 11 is 0. The van der Waals surface area contributed by atoms with Gasteiger partial charge in [-0.3, -0.25) is 4.79 Å². The first kappa shape index (κ1) is 22.5. The average Bonchev–Trinajstić information content (AvgIpc) is 2.57. The van der Waals surface area contributed by atoms with E-state index in [9.17, 15) is 20.1 Å². The normalized spacial score (nSPS) is 16.9. The van der Waals surface area contributed by atoms with Crippen LogP contribution in [-0.2, 0) is 9.53 Å². The third-order valence-corrected chi connectivity index (χ3v) is 5.76. The van der Waals surface area contributed by atoms with Crippen LogP contribution in [0.15, 0.2) is 0 Å². The minimum absolute atomic E-state index is 0.108. The van der Waals surface area contributed by atoms with Crippen LogP contribution in [0.1, 0.15) is 73.6 Å². The van der Waals surface area contributed by atoms with Gasteiger partial charge in [0.25, 0.3) is 0 Å². The van der Waals surface area contributed by atoms with Gasteiger partial charge in [-0.1, -0.05) is 47.5 Å². The maximum atomic E-state index is 12.4. The summed E-state index contributed by atoms with van der Waals surface area (Å²) in [7, 11) is 0. The number of ketones is 1. The third-order valence-electron chi connectivity index (χ3n) is 5.76. The number of aliphatic hydroxyl groups is 3. The standard InChI is InChI=1S/C18H36O5/c1-7-17(5,8-2)13(11-12-19)14(20)15(21)16(22)23-18(6,9-3)10-4/h13-14,16,19-20,22H,7-12H2,1-6H3. The Kier molecular flexibility index (Phi) is 9.51. The van der Waals surface area contributed by atoms with E-state index in [-0.39, 0.29) is 12.0 Å². The van der Waals surface area contributed by atoms with Crippen molar-refractivity contribution in [2.45, 2.75) is 91.6 Å². The largest absolute Gasteiger partial charge is 0.396 e. The second kappa shape index (κ2) is 9.72. The fraction of sp³-hybridized carbons (Fsp3) is 0.944. The Labute approximate surface area is 141 Å². The number of rotatable bonds is 12. The molecule has 0 bridgehead atoms. The highest BCUT2D eigenvalue weighted by molar-refractivity contribution is 5.86. The van der Waals surface area contributed by atoms with Crippen LogP contribution in [-0.4, -0.2) is 45.7 Å². The summed E-state index contributed by atoms with van der Waals surface area (Å²) in [5.41, 5.74) is -0.879. The average molecular weight is 332 g/mol. The summed E-state index contributed by atoms with van der Waals surface area (Å²) in [5.74, 6) is -1.13. The molecule has 0 radical (unpaired) electrons. The zero-order valence-electron chi connectivity index (χ0n) is 15.6. The lowest BCUT2D eigenvalue weighted by molar-refractivity contribution is -0.199. The molecule has 0 heterocycles. The number of hydrogen-bond donors (Lipinski definition) is 3. The monoisotopic (exact) mass is 332 g/mol. The van der Waals surface area contributed by atoms with E-state index < -0.39 is 29.7 Å². The minimum atomic E-state index is -1.64. The predicted octanol–water partition coefficient (Wildman–Crippen LogP) is 2.66. The molecule has 23 heavy (non-hydrogen) atoms. The summed E-state index contributed by atoms with van der Waals surface area (Å²) in [6, 6.07) is 0. The zero-order valence-corrected chi connectivity index (χ0v) is 15.6. The summed E-state index contributed by atoms with van der Waals surface area (Å²) in [5, 5.41) is 29.9. The molecule has 5 heteroatoms. The summed E-state index contributed by atoms with van der Waals surface area (Å²) in [6.07, 6.45) is 0.191. The Balaban J connectivity index is 5.20. The van der Waals surface area contributed by atoms with Crippen LogP contribution in [0.25, 0.3) is 0 Å². The van der Waals surface area contributed by atoms with E-state index in [1.807, 2.05) is 41.5 Å². The number of carbonyl (C=O) groups is 1.